The molecule has 0 aliphatic heterocycles. The second-order valence-corrected chi connectivity index (χ2v) is 7.69. The second-order valence-electron chi connectivity index (χ2n) is 6.44. The van der Waals surface area contributed by atoms with Gasteiger partial charge in [-0.15, -0.1) is 0 Å². The van der Waals surface area contributed by atoms with Crippen molar-refractivity contribution in [2.75, 3.05) is 11.9 Å². The first kappa shape index (κ1) is 20.6. The average Bonchev–Trinajstić information content (AvgIpc) is 3.25. The maximum Gasteiger partial charge on any atom is 0.170 e. The van der Waals surface area contributed by atoms with E-state index in [2.05, 4.69) is 20.8 Å². The van der Waals surface area contributed by atoms with Gasteiger partial charge in [0.1, 0.15) is 0 Å². The molecule has 0 amide bonds. The lowest BCUT2D eigenvalue weighted by Crippen LogP contribution is -2.30. The highest BCUT2D eigenvalue weighted by atomic mass is 35.5. The predicted molar refractivity (Wildman–Crippen MR) is 118 cm³/mol. The maximum absolute atomic E-state index is 6.29. The first-order valence-electron chi connectivity index (χ1n) is 8.94. The Hall–Kier alpha value is -2.09. The molecule has 6 nitrogen and oxygen atoms in total. The van der Waals surface area contributed by atoms with Gasteiger partial charge in [-0.25, -0.2) is 0 Å². The number of aromatic nitrogens is 4. The molecular formula is C19H22Cl2N6S. The van der Waals surface area contributed by atoms with Gasteiger partial charge in [-0.3, -0.25) is 9.36 Å². The van der Waals surface area contributed by atoms with Crippen LogP contribution in [0.5, 0.6) is 0 Å². The summed E-state index contributed by atoms with van der Waals surface area (Å²) in [7, 11) is 0. The zero-order chi connectivity index (χ0) is 20.1. The third-order valence-corrected chi connectivity index (χ3v) is 5.20. The van der Waals surface area contributed by atoms with Gasteiger partial charge in [-0.1, -0.05) is 29.3 Å². The number of anilines is 1. The minimum absolute atomic E-state index is 0.564. The molecule has 2 heterocycles. The molecule has 0 saturated heterocycles. The van der Waals surface area contributed by atoms with E-state index in [9.17, 15) is 0 Å². The second kappa shape index (κ2) is 9.41. The maximum atomic E-state index is 6.29. The molecular weight excluding hydrogens is 415 g/mol. The van der Waals surface area contributed by atoms with Gasteiger partial charge in [0.25, 0.3) is 0 Å². The van der Waals surface area contributed by atoms with Crippen LogP contribution in [0.3, 0.4) is 0 Å². The fraction of sp³-hybridized carbons (Fsp3) is 0.316. The molecule has 0 fully saturated rings. The normalized spacial score (nSPS) is 10.9. The lowest BCUT2D eigenvalue weighted by atomic mass is 10.2. The van der Waals surface area contributed by atoms with Gasteiger partial charge >= 0.3 is 0 Å². The van der Waals surface area contributed by atoms with Crippen LogP contribution in [0.2, 0.25) is 10.0 Å². The van der Waals surface area contributed by atoms with E-state index in [4.69, 9.17) is 35.4 Å². The van der Waals surface area contributed by atoms with Crippen LogP contribution in [-0.2, 0) is 13.1 Å². The Morgan fingerprint density at radius 1 is 1.25 bits per heavy atom. The third-order valence-electron chi connectivity index (χ3n) is 4.36. The van der Waals surface area contributed by atoms with Crippen LogP contribution in [0.25, 0.3) is 0 Å². The molecule has 0 radical (unpaired) electrons. The predicted octanol–water partition coefficient (Wildman–Crippen LogP) is 4.43. The van der Waals surface area contributed by atoms with E-state index in [-0.39, 0.29) is 0 Å². The van der Waals surface area contributed by atoms with Crippen LogP contribution >= 0.6 is 35.4 Å². The van der Waals surface area contributed by atoms with Crippen LogP contribution in [0.15, 0.2) is 36.7 Å². The summed E-state index contributed by atoms with van der Waals surface area (Å²) in [4.78, 5) is 0. The summed E-state index contributed by atoms with van der Waals surface area (Å²) in [6, 6.07) is 7.40. The Bertz CT molecular complexity index is 952. The first-order valence-corrected chi connectivity index (χ1v) is 10.1. The minimum Gasteiger partial charge on any atom is -0.362 e. The highest BCUT2D eigenvalue weighted by Crippen LogP contribution is 2.25. The molecule has 2 N–H and O–H groups in total. The molecule has 148 valence electrons. The van der Waals surface area contributed by atoms with Gasteiger partial charge < -0.3 is 10.6 Å². The van der Waals surface area contributed by atoms with E-state index < -0.39 is 0 Å². The van der Waals surface area contributed by atoms with Crippen molar-refractivity contribution in [1.29, 1.82) is 0 Å². The Morgan fingerprint density at radius 2 is 2.07 bits per heavy atom. The topological polar surface area (TPSA) is 59.7 Å². The number of benzene rings is 1. The number of rotatable bonds is 7. The SMILES string of the molecule is Cc1nn(Cc2ccc(Cl)cc2Cl)c(C)c1NC(=S)NCCCn1cccn1. The highest BCUT2D eigenvalue weighted by Gasteiger charge is 2.14. The number of nitrogens with one attached hydrogen (secondary N) is 2. The summed E-state index contributed by atoms with van der Waals surface area (Å²) >= 11 is 17.7. The summed E-state index contributed by atoms with van der Waals surface area (Å²) in [5.74, 6) is 0. The monoisotopic (exact) mass is 436 g/mol. The van der Waals surface area contributed by atoms with Crippen molar-refractivity contribution in [3.63, 3.8) is 0 Å². The quantitative estimate of drug-likeness (QED) is 0.423. The number of hydrogen-bond acceptors (Lipinski definition) is 3. The summed E-state index contributed by atoms with van der Waals surface area (Å²) < 4.78 is 3.81. The van der Waals surface area contributed by atoms with E-state index in [1.165, 1.54) is 0 Å². The Balaban J connectivity index is 1.57. The van der Waals surface area contributed by atoms with Crippen molar-refractivity contribution in [3.8, 4) is 0 Å². The summed E-state index contributed by atoms with van der Waals surface area (Å²) in [5, 5.41) is 17.1. The lowest BCUT2D eigenvalue weighted by molar-refractivity contribution is 0.574. The van der Waals surface area contributed by atoms with Crippen LogP contribution < -0.4 is 10.6 Å². The molecule has 0 atom stereocenters. The molecule has 1 aromatic carbocycles. The highest BCUT2D eigenvalue weighted by molar-refractivity contribution is 7.80. The number of halogens is 2. The molecule has 0 saturated carbocycles. The van der Waals surface area contributed by atoms with Gasteiger partial charge in [-0.2, -0.15) is 10.2 Å². The Labute approximate surface area is 179 Å². The minimum atomic E-state index is 0.564. The molecule has 0 bridgehead atoms. The average molecular weight is 437 g/mol. The van der Waals surface area contributed by atoms with Gasteiger partial charge in [0, 0.05) is 35.5 Å². The molecule has 0 unspecified atom stereocenters. The van der Waals surface area contributed by atoms with E-state index >= 15 is 0 Å². The fourth-order valence-corrected chi connectivity index (χ4v) is 3.55. The summed E-state index contributed by atoms with van der Waals surface area (Å²) in [6.07, 6.45) is 4.65. The molecule has 0 spiro atoms. The van der Waals surface area contributed by atoms with E-state index in [0.717, 1.165) is 42.1 Å². The number of aryl methyl sites for hydroxylation is 2. The Kier molecular flexibility index (Phi) is 6.93. The van der Waals surface area contributed by atoms with E-state index in [0.29, 0.717) is 21.7 Å². The Morgan fingerprint density at radius 3 is 2.79 bits per heavy atom. The number of nitrogens with zero attached hydrogens (tertiary/aromatic N) is 4. The standard InChI is InChI=1S/C19H22Cl2N6S/c1-13-18(24-19(28)22-7-3-9-26-10-4-8-23-26)14(2)27(25-13)12-15-5-6-16(20)11-17(15)21/h4-6,8,10-11H,3,7,9,12H2,1-2H3,(H2,22,24,28). The molecule has 3 aromatic rings. The van der Waals surface area contributed by atoms with Crippen LogP contribution in [0.1, 0.15) is 23.4 Å². The fourth-order valence-electron chi connectivity index (χ4n) is 2.88. The lowest BCUT2D eigenvalue weighted by Gasteiger charge is -2.11. The summed E-state index contributed by atoms with van der Waals surface area (Å²) in [5.41, 5.74) is 3.74. The zero-order valence-corrected chi connectivity index (χ0v) is 18.1. The molecule has 2 aromatic heterocycles. The van der Waals surface area contributed by atoms with Crippen molar-refractivity contribution in [2.45, 2.75) is 33.4 Å². The molecule has 9 heteroatoms. The van der Waals surface area contributed by atoms with Crippen molar-refractivity contribution in [1.82, 2.24) is 24.9 Å². The van der Waals surface area contributed by atoms with Crippen LogP contribution in [-0.4, -0.2) is 31.2 Å². The molecule has 0 aliphatic carbocycles. The van der Waals surface area contributed by atoms with Crippen molar-refractivity contribution >= 4 is 46.2 Å². The van der Waals surface area contributed by atoms with Gasteiger partial charge in [-0.05, 0) is 56.2 Å². The zero-order valence-electron chi connectivity index (χ0n) is 15.7. The van der Waals surface area contributed by atoms with Gasteiger partial charge in [0.05, 0.1) is 23.6 Å². The number of thiocarbonyl (C=S) groups is 1. The summed E-state index contributed by atoms with van der Waals surface area (Å²) in [6.45, 7) is 6.13. The number of hydrogen-bond donors (Lipinski definition) is 2. The third kappa shape index (κ3) is 5.25. The molecule has 0 aliphatic rings. The first-order chi connectivity index (χ1) is 13.4. The van der Waals surface area contributed by atoms with Crippen LogP contribution in [0, 0.1) is 13.8 Å². The molecule has 3 rings (SSSR count). The van der Waals surface area contributed by atoms with Crippen LogP contribution in [0.4, 0.5) is 5.69 Å². The van der Waals surface area contributed by atoms with E-state index in [1.54, 1.807) is 12.3 Å². The largest absolute Gasteiger partial charge is 0.362 e. The van der Waals surface area contributed by atoms with E-state index in [1.807, 2.05) is 47.6 Å². The van der Waals surface area contributed by atoms with Crippen molar-refractivity contribution in [2.24, 2.45) is 0 Å². The van der Waals surface area contributed by atoms with Crippen molar-refractivity contribution < 1.29 is 0 Å². The van der Waals surface area contributed by atoms with Crippen molar-refractivity contribution in [3.05, 3.63) is 63.7 Å². The smallest absolute Gasteiger partial charge is 0.170 e. The van der Waals surface area contributed by atoms with Gasteiger partial charge in [0.2, 0.25) is 0 Å². The molecule has 28 heavy (non-hydrogen) atoms. The van der Waals surface area contributed by atoms with Gasteiger partial charge in [0.15, 0.2) is 5.11 Å².